The average molecular weight is 306 g/mol. The maximum atomic E-state index is 11.9. The second-order valence-electron chi connectivity index (χ2n) is 5.75. The van der Waals surface area contributed by atoms with E-state index in [-0.39, 0.29) is 5.25 Å². The Morgan fingerprint density at radius 1 is 1.20 bits per heavy atom. The minimum absolute atomic E-state index is 0.207. The largest absolute Gasteiger partial charge is 0.379 e. The smallest absolute Gasteiger partial charge is 0.217 e. The van der Waals surface area contributed by atoms with Crippen LogP contribution in [0.5, 0.6) is 0 Å². The van der Waals surface area contributed by atoms with Gasteiger partial charge in [-0.15, -0.1) is 0 Å². The Bertz CT molecular complexity index is 351. The van der Waals surface area contributed by atoms with Gasteiger partial charge in [0, 0.05) is 26.2 Å². The lowest BCUT2D eigenvalue weighted by atomic mass is 10.2. The van der Waals surface area contributed by atoms with Crippen LogP contribution in [0.25, 0.3) is 0 Å². The summed E-state index contributed by atoms with van der Waals surface area (Å²) in [5, 5.41) is -0.207. The molecule has 1 rings (SSSR count). The summed E-state index contributed by atoms with van der Waals surface area (Å²) in [6.07, 6.45) is 4.41. The molecule has 0 aromatic heterocycles. The summed E-state index contributed by atoms with van der Waals surface area (Å²) < 4.78 is 32.0. The molecule has 0 amide bonds. The molecule has 0 atom stereocenters. The summed E-state index contributed by atoms with van der Waals surface area (Å²) in [6, 6.07) is 0. The molecule has 0 aromatic rings. The van der Waals surface area contributed by atoms with Crippen LogP contribution in [0.15, 0.2) is 0 Å². The molecule has 0 radical (unpaired) electrons. The van der Waals surface area contributed by atoms with Crippen molar-refractivity contribution in [3.05, 3.63) is 0 Å². The number of unbranched alkanes of at least 4 members (excludes halogenated alkanes) is 3. The fourth-order valence-electron chi connectivity index (χ4n) is 2.21. The van der Waals surface area contributed by atoms with Crippen LogP contribution in [0, 0.1) is 0 Å². The van der Waals surface area contributed by atoms with Gasteiger partial charge in [0.05, 0.1) is 6.10 Å². The van der Waals surface area contributed by atoms with Crippen LogP contribution >= 0.6 is 0 Å². The second-order valence-corrected chi connectivity index (χ2v) is 7.79. The molecule has 0 bridgehead atoms. The van der Waals surface area contributed by atoms with Gasteiger partial charge >= 0.3 is 0 Å². The average Bonchev–Trinajstić information content (AvgIpc) is 2.30. The van der Waals surface area contributed by atoms with E-state index >= 15 is 0 Å². The maximum absolute atomic E-state index is 11.9. The molecule has 6 heteroatoms. The van der Waals surface area contributed by atoms with E-state index in [1.807, 2.05) is 13.8 Å². The number of ether oxygens (including phenoxy) is 1. The Morgan fingerprint density at radius 2 is 1.85 bits per heavy atom. The van der Waals surface area contributed by atoms with Crippen molar-refractivity contribution in [1.82, 2.24) is 9.62 Å². The molecule has 1 aliphatic rings. The molecule has 1 N–H and O–H groups in total. The van der Waals surface area contributed by atoms with Crippen LogP contribution < -0.4 is 4.72 Å². The lowest BCUT2D eigenvalue weighted by Crippen LogP contribution is -2.57. The Morgan fingerprint density at radius 3 is 2.45 bits per heavy atom. The number of likely N-dealkylation sites (tertiary alicyclic amines) is 1. The number of nitrogens with one attached hydrogen (secondary N) is 1. The lowest BCUT2D eigenvalue weighted by molar-refractivity contribution is 0.0757. The minimum atomic E-state index is -3.09. The zero-order chi connectivity index (χ0) is 15.0. The number of hydrogen-bond acceptors (Lipinski definition) is 4. The minimum Gasteiger partial charge on any atom is -0.379 e. The van der Waals surface area contributed by atoms with Gasteiger partial charge in [-0.05, 0) is 33.2 Å². The Kier molecular flexibility index (Phi) is 8.02. The molecule has 1 heterocycles. The molecule has 20 heavy (non-hydrogen) atoms. The molecular formula is C14H30N2O3S. The first kappa shape index (κ1) is 17.9. The summed E-state index contributed by atoms with van der Waals surface area (Å²) in [4.78, 5) is 2.14. The molecule has 0 unspecified atom stereocenters. The van der Waals surface area contributed by atoms with E-state index in [1.54, 1.807) is 0 Å². The van der Waals surface area contributed by atoms with E-state index in [1.165, 1.54) is 0 Å². The third-order valence-electron chi connectivity index (χ3n) is 3.64. The molecule has 0 aliphatic carbocycles. The summed E-state index contributed by atoms with van der Waals surface area (Å²) in [7, 11) is -3.09. The van der Waals surface area contributed by atoms with Crippen molar-refractivity contribution in [2.45, 2.75) is 57.8 Å². The Balaban J connectivity index is 1.98. The zero-order valence-electron chi connectivity index (χ0n) is 13.1. The molecule has 1 saturated heterocycles. The molecule has 5 nitrogen and oxygen atoms in total. The SMILES string of the molecule is CCN1CC(S(=O)(=O)NCCCCCCOC(C)C)C1. The molecule has 1 aliphatic heterocycles. The van der Waals surface area contributed by atoms with Crippen molar-refractivity contribution in [3.63, 3.8) is 0 Å². The first-order valence-corrected chi connectivity index (χ1v) is 9.32. The van der Waals surface area contributed by atoms with Crippen LogP contribution in [-0.2, 0) is 14.8 Å². The highest BCUT2D eigenvalue weighted by Gasteiger charge is 2.35. The van der Waals surface area contributed by atoms with Crippen molar-refractivity contribution in [1.29, 1.82) is 0 Å². The van der Waals surface area contributed by atoms with Gasteiger partial charge in [-0.1, -0.05) is 19.8 Å². The van der Waals surface area contributed by atoms with E-state index < -0.39 is 10.0 Å². The quantitative estimate of drug-likeness (QED) is 0.589. The zero-order valence-corrected chi connectivity index (χ0v) is 13.9. The Labute approximate surface area is 124 Å². The number of nitrogens with zero attached hydrogens (tertiary/aromatic N) is 1. The van der Waals surface area contributed by atoms with Gasteiger partial charge in [0.15, 0.2) is 0 Å². The standard InChI is InChI=1S/C14H30N2O3S/c1-4-16-11-14(12-16)20(17,18)15-9-7-5-6-8-10-19-13(2)3/h13-15H,4-12H2,1-3H3. The molecular weight excluding hydrogens is 276 g/mol. The van der Waals surface area contributed by atoms with Crippen molar-refractivity contribution < 1.29 is 13.2 Å². The van der Waals surface area contributed by atoms with Crippen molar-refractivity contribution in [2.24, 2.45) is 0 Å². The second kappa shape index (κ2) is 8.97. The van der Waals surface area contributed by atoms with Crippen molar-refractivity contribution >= 4 is 10.0 Å². The van der Waals surface area contributed by atoms with E-state index in [2.05, 4.69) is 16.5 Å². The van der Waals surface area contributed by atoms with Crippen LogP contribution in [0.4, 0.5) is 0 Å². The summed E-state index contributed by atoms with van der Waals surface area (Å²) in [5.74, 6) is 0. The van der Waals surface area contributed by atoms with Gasteiger partial charge in [0.1, 0.15) is 5.25 Å². The lowest BCUT2D eigenvalue weighted by Gasteiger charge is -2.37. The third kappa shape index (κ3) is 6.52. The Hall–Kier alpha value is -0.170. The van der Waals surface area contributed by atoms with Gasteiger partial charge < -0.3 is 9.64 Å². The molecule has 120 valence electrons. The maximum Gasteiger partial charge on any atom is 0.217 e. The monoisotopic (exact) mass is 306 g/mol. The molecule has 0 aromatic carbocycles. The van der Waals surface area contributed by atoms with Gasteiger partial charge in [-0.25, -0.2) is 13.1 Å². The number of rotatable bonds is 11. The molecule has 0 spiro atoms. The first-order valence-electron chi connectivity index (χ1n) is 7.78. The topological polar surface area (TPSA) is 58.6 Å². The third-order valence-corrected chi connectivity index (χ3v) is 5.42. The van der Waals surface area contributed by atoms with E-state index in [0.717, 1.165) is 38.8 Å². The number of hydrogen-bond donors (Lipinski definition) is 1. The van der Waals surface area contributed by atoms with E-state index in [0.29, 0.717) is 25.7 Å². The van der Waals surface area contributed by atoms with Crippen LogP contribution in [0.3, 0.4) is 0 Å². The van der Waals surface area contributed by atoms with Gasteiger partial charge in [-0.2, -0.15) is 0 Å². The number of sulfonamides is 1. The van der Waals surface area contributed by atoms with Gasteiger partial charge in [-0.3, -0.25) is 0 Å². The highest BCUT2D eigenvalue weighted by molar-refractivity contribution is 7.90. The first-order chi connectivity index (χ1) is 9.45. The van der Waals surface area contributed by atoms with E-state index in [4.69, 9.17) is 4.74 Å². The molecule has 1 fully saturated rings. The van der Waals surface area contributed by atoms with Crippen LogP contribution in [-0.4, -0.2) is 57.5 Å². The highest BCUT2D eigenvalue weighted by atomic mass is 32.2. The van der Waals surface area contributed by atoms with Crippen LogP contribution in [0.1, 0.15) is 46.5 Å². The van der Waals surface area contributed by atoms with Crippen LogP contribution in [0.2, 0.25) is 0 Å². The summed E-state index contributed by atoms with van der Waals surface area (Å²) in [5.41, 5.74) is 0. The highest BCUT2D eigenvalue weighted by Crippen LogP contribution is 2.14. The molecule has 0 saturated carbocycles. The predicted molar refractivity (Wildman–Crippen MR) is 82.4 cm³/mol. The summed E-state index contributed by atoms with van der Waals surface area (Å²) in [6.45, 7) is 9.79. The van der Waals surface area contributed by atoms with Gasteiger partial charge in [0.2, 0.25) is 10.0 Å². The van der Waals surface area contributed by atoms with E-state index in [9.17, 15) is 8.42 Å². The normalized spacial score (nSPS) is 17.6. The van der Waals surface area contributed by atoms with Gasteiger partial charge in [0.25, 0.3) is 0 Å². The fourth-order valence-corrected chi connectivity index (χ4v) is 3.69. The predicted octanol–water partition coefficient (Wildman–Crippen LogP) is 1.60. The van der Waals surface area contributed by atoms with Crippen molar-refractivity contribution in [3.8, 4) is 0 Å². The van der Waals surface area contributed by atoms with Crippen molar-refractivity contribution in [2.75, 3.05) is 32.8 Å². The fraction of sp³-hybridized carbons (Fsp3) is 1.00. The summed E-state index contributed by atoms with van der Waals surface area (Å²) >= 11 is 0.